The molecule has 2 aromatic carbocycles. The Kier molecular flexibility index (Phi) is 6.37. The van der Waals surface area contributed by atoms with Crippen LogP contribution in [0.1, 0.15) is 0 Å². The van der Waals surface area contributed by atoms with Crippen molar-refractivity contribution in [1.82, 2.24) is 9.13 Å². The van der Waals surface area contributed by atoms with Gasteiger partial charge in [0.15, 0.2) is 0 Å². The number of nitrogens with two attached hydrogens (primary N) is 1. The van der Waals surface area contributed by atoms with Crippen molar-refractivity contribution in [3.05, 3.63) is 56.1 Å². The van der Waals surface area contributed by atoms with Crippen LogP contribution in [0.15, 0.2) is 46.7 Å². The summed E-state index contributed by atoms with van der Waals surface area (Å²) >= 11 is 2.90. The largest absolute Gasteiger partial charge is 0.399 e. The van der Waals surface area contributed by atoms with Gasteiger partial charge in [0, 0.05) is 31.9 Å². The van der Waals surface area contributed by atoms with Gasteiger partial charge in [-0.3, -0.25) is 10.1 Å². The van der Waals surface area contributed by atoms with Crippen molar-refractivity contribution in [3.63, 3.8) is 0 Å². The molecule has 0 spiro atoms. The van der Waals surface area contributed by atoms with Gasteiger partial charge < -0.3 is 24.5 Å². The normalized spacial score (nSPS) is 12.1. The number of rotatable bonds is 3. The lowest BCUT2D eigenvalue weighted by Crippen LogP contribution is -2.09. The van der Waals surface area contributed by atoms with Crippen molar-refractivity contribution in [2.24, 2.45) is 24.4 Å². The van der Waals surface area contributed by atoms with E-state index >= 15 is 0 Å². The number of nitro benzene ring substituents is 1. The third-order valence-corrected chi connectivity index (χ3v) is 6.33. The molecule has 0 aliphatic carbocycles. The molecule has 0 bridgehead atoms. The molecule has 2 aromatic heterocycles. The molecule has 4 rings (SSSR count). The van der Waals surface area contributed by atoms with Gasteiger partial charge in [-0.15, -0.1) is 0 Å². The van der Waals surface area contributed by atoms with E-state index in [1.807, 2.05) is 41.4 Å². The zero-order valence-corrected chi connectivity index (χ0v) is 18.4. The topological polar surface area (TPSA) is 122 Å². The van der Waals surface area contributed by atoms with Gasteiger partial charge in [-0.25, -0.2) is 0 Å². The molecule has 10 nitrogen and oxygen atoms in total. The van der Waals surface area contributed by atoms with Crippen LogP contribution in [0.5, 0.6) is 0 Å². The number of benzene rings is 2. The lowest BCUT2D eigenvalue weighted by molar-refractivity contribution is -0.384. The van der Waals surface area contributed by atoms with Crippen LogP contribution in [0.3, 0.4) is 0 Å². The first-order chi connectivity index (χ1) is 14.3. The van der Waals surface area contributed by atoms with Crippen LogP contribution in [-0.2, 0) is 23.8 Å². The number of anilines is 1. The molecule has 12 heteroatoms. The Bertz CT molecular complexity index is 1350. The van der Waals surface area contributed by atoms with Crippen LogP contribution in [0.4, 0.5) is 11.4 Å². The van der Waals surface area contributed by atoms with Gasteiger partial charge in [-0.05, 0) is 24.3 Å². The first-order valence-corrected chi connectivity index (χ1v) is 10.2. The first kappa shape index (κ1) is 21.3. The number of aromatic nitrogens is 2. The third-order valence-electron chi connectivity index (χ3n) is 4.18. The van der Waals surface area contributed by atoms with Gasteiger partial charge in [0.2, 0.25) is 9.60 Å². The van der Waals surface area contributed by atoms with E-state index in [1.54, 1.807) is 24.5 Å². The van der Waals surface area contributed by atoms with Crippen molar-refractivity contribution in [2.45, 2.75) is 0 Å². The number of hydrogen-bond acceptors (Lipinski definition) is 9. The molecular weight excluding hydrogens is 428 g/mol. The Labute approximate surface area is 178 Å². The first-order valence-electron chi connectivity index (χ1n) is 8.59. The van der Waals surface area contributed by atoms with E-state index in [0.717, 1.165) is 30.9 Å². The molecule has 2 heterocycles. The summed E-state index contributed by atoms with van der Waals surface area (Å²) in [6.45, 7) is 0. The minimum atomic E-state index is -0.410. The van der Waals surface area contributed by atoms with Gasteiger partial charge >= 0.3 is 0 Å². The third kappa shape index (κ3) is 4.28. The lowest BCUT2D eigenvalue weighted by Gasteiger charge is -1.95. The quantitative estimate of drug-likeness (QED) is 0.293. The average molecular weight is 449 g/mol. The van der Waals surface area contributed by atoms with Crippen molar-refractivity contribution >= 4 is 54.5 Å². The number of thiazole rings is 2. The van der Waals surface area contributed by atoms with E-state index < -0.39 is 4.92 Å². The monoisotopic (exact) mass is 448 g/mol. The smallest absolute Gasteiger partial charge is 0.270 e. The maximum absolute atomic E-state index is 10.6. The summed E-state index contributed by atoms with van der Waals surface area (Å²) in [5, 5.41) is 18.4. The van der Waals surface area contributed by atoms with Crippen LogP contribution >= 0.6 is 22.7 Å². The molecule has 0 saturated carbocycles. The molecule has 0 aliphatic rings. The summed E-state index contributed by atoms with van der Waals surface area (Å²) in [5.74, 6) is 0. The Morgan fingerprint density at radius 2 is 1.43 bits per heavy atom. The number of nitrogens with zero attached hydrogens (tertiary/aromatic N) is 5. The second-order valence-electron chi connectivity index (χ2n) is 6.07. The van der Waals surface area contributed by atoms with E-state index in [-0.39, 0.29) is 5.69 Å². The Morgan fingerprint density at radius 3 is 1.93 bits per heavy atom. The summed E-state index contributed by atoms with van der Waals surface area (Å²) in [6, 6.07) is 10.5. The van der Waals surface area contributed by atoms with Gasteiger partial charge in [0.1, 0.15) is 14.2 Å². The molecule has 0 radical (unpaired) electrons. The molecular formula is C18H20N6O4S2. The lowest BCUT2D eigenvalue weighted by atomic mass is 10.3. The molecule has 0 amide bonds. The van der Waals surface area contributed by atoms with Crippen LogP contribution < -0.4 is 15.3 Å². The highest BCUT2D eigenvalue weighted by Crippen LogP contribution is 2.22. The molecule has 0 fully saturated rings. The SMILES string of the molecule is CON=c1sc2cc(N)ccc2n1C.CON=c1sc2cc([N+](=O)[O-])ccc2n1C. The van der Waals surface area contributed by atoms with Crippen molar-refractivity contribution in [1.29, 1.82) is 0 Å². The molecule has 0 atom stereocenters. The highest BCUT2D eigenvalue weighted by molar-refractivity contribution is 7.16. The standard InChI is InChI=1S/C9H9N3O3S.C9H11N3OS/c1-11-7-4-3-6(12(13)14)5-8(7)16-9(11)10-15-2;1-12-7-4-3-6(10)5-8(7)14-9(12)11-13-2/h3-5H,1-2H3;3-5H,10H2,1-2H3. The Balaban J connectivity index is 0.000000172. The second-order valence-corrected chi connectivity index (χ2v) is 8.09. The molecule has 2 N–H and O–H groups in total. The molecule has 158 valence electrons. The number of nitrogen functional groups attached to an aromatic ring is 1. The van der Waals surface area contributed by atoms with Crippen molar-refractivity contribution in [3.8, 4) is 0 Å². The molecule has 30 heavy (non-hydrogen) atoms. The van der Waals surface area contributed by atoms with E-state index in [4.69, 9.17) is 15.4 Å². The van der Waals surface area contributed by atoms with Crippen LogP contribution in [0.25, 0.3) is 20.4 Å². The second kappa shape index (κ2) is 8.97. The van der Waals surface area contributed by atoms with E-state index in [9.17, 15) is 10.1 Å². The molecule has 0 aliphatic heterocycles. The van der Waals surface area contributed by atoms with Crippen LogP contribution in [0.2, 0.25) is 0 Å². The van der Waals surface area contributed by atoms with Crippen molar-refractivity contribution < 1.29 is 14.6 Å². The minimum absolute atomic E-state index is 0.0818. The summed E-state index contributed by atoms with van der Waals surface area (Å²) in [6.07, 6.45) is 0. The van der Waals surface area contributed by atoms with E-state index in [1.165, 1.54) is 30.6 Å². The number of aryl methyl sites for hydroxylation is 2. The summed E-state index contributed by atoms with van der Waals surface area (Å²) < 4.78 is 5.73. The fourth-order valence-corrected chi connectivity index (χ4v) is 4.80. The summed E-state index contributed by atoms with van der Waals surface area (Å²) in [5.41, 5.74) is 8.55. The minimum Gasteiger partial charge on any atom is -0.399 e. The van der Waals surface area contributed by atoms with Crippen molar-refractivity contribution in [2.75, 3.05) is 20.0 Å². The van der Waals surface area contributed by atoms with Gasteiger partial charge in [0.25, 0.3) is 5.69 Å². The average Bonchev–Trinajstić information content (AvgIpc) is 3.19. The number of nitro groups is 1. The number of non-ortho nitro benzene ring substituents is 1. The van der Waals surface area contributed by atoms with Crippen LogP contribution in [0, 0.1) is 10.1 Å². The highest BCUT2D eigenvalue weighted by atomic mass is 32.1. The fourth-order valence-electron chi connectivity index (χ4n) is 2.72. The van der Waals surface area contributed by atoms with Gasteiger partial charge in [-0.1, -0.05) is 33.0 Å². The molecule has 0 saturated heterocycles. The zero-order valence-electron chi connectivity index (χ0n) is 16.7. The Morgan fingerprint density at radius 1 is 0.933 bits per heavy atom. The summed E-state index contributed by atoms with van der Waals surface area (Å²) in [7, 11) is 6.79. The zero-order chi connectivity index (χ0) is 21.8. The summed E-state index contributed by atoms with van der Waals surface area (Å²) in [4.78, 5) is 21.1. The predicted molar refractivity (Wildman–Crippen MR) is 118 cm³/mol. The van der Waals surface area contributed by atoms with E-state index in [2.05, 4.69) is 10.3 Å². The Hall–Kier alpha value is -3.38. The molecule has 4 aromatic rings. The fraction of sp³-hybridized carbons (Fsp3) is 0.222. The highest BCUT2D eigenvalue weighted by Gasteiger charge is 2.10. The van der Waals surface area contributed by atoms with Crippen LogP contribution in [-0.4, -0.2) is 28.3 Å². The predicted octanol–water partition coefficient (Wildman–Crippen LogP) is 2.89. The maximum Gasteiger partial charge on any atom is 0.270 e. The maximum atomic E-state index is 10.6. The number of hydrogen-bond donors (Lipinski definition) is 1. The van der Waals surface area contributed by atoms with Gasteiger partial charge in [0.05, 0.1) is 25.4 Å². The van der Waals surface area contributed by atoms with E-state index in [0.29, 0.717) is 4.80 Å². The van der Waals surface area contributed by atoms with Gasteiger partial charge in [-0.2, -0.15) is 0 Å². The molecule has 0 unspecified atom stereocenters. The number of fused-ring (bicyclic) bond motifs is 2.